The predicted octanol–water partition coefficient (Wildman–Crippen LogP) is 3.79. The van der Waals surface area contributed by atoms with Crippen molar-refractivity contribution in [3.8, 4) is 34.3 Å². The molecule has 7 heteroatoms. The summed E-state index contributed by atoms with van der Waals surface area (Å²) in [5.74, 6) is 2.22. The van der Waals surface area contributed by atoms with Crippen LogP contribution >= 0.6 is 0 Å². The first-order chi connectivity index (χ1) is 12.7. The molecule has 0 amide bonds. The Morgan fingerprint density at radius 1 is 1.00 bits per heavy atom. The fourth-order valence-corrected chi connectivity index (χ4v) is 2.84. The van der Waals surface area contributed by atoms with E-state index in [2.05, 4.69) is 26.6 Å². The third-order valence-electron chi connectivity index (χ3n) is 4.24. The first-order valence-corrected chi connectivity index (χ1v) is 8.24. The molecule has 132 valence electrons. The van der Waals surface area contributed by atoms with Gasteiger partial charge in [0, 0.05) is 23.7 Å². The first kappa shape index (κ1) is 16.1. The molecule has 4 rings (SSSR count). The maximum Gasteiger partial charge on any atom is 0.258 e. The van der Waals surface area contributed by atoms with Gasteiger partial charge in [0.2, 0.25) is 5.82 Å². The van der Waals surface area contributed by atoms with E-state index in [9.17, 15) is 0 Å². The summed E-state index contributed by atoms with van der Waals surface area (Å²) < 4.78 is 18.1. The second kappa shape index (κ2) is 6.51. The highest BCUT2D eigenvalue weighted by Gasteiger charge is 2.14. The van der Waals surface area contributed by atoms with Gasteiger partial charge in [-0.1, -0.05) is 5.16 Å². The minimum atomic E-state index is 0.399. The van der Waals surface area contributed by atoms with Gasteiger partial charge in [0.1, 0.15) is 11.5 Å². The maximum atomic E-state index is 5.44. The van der Waals surface area contributed by atoms with Crippen molar-refractivity contribution in [1.82, 2.24) is 19.7 Å². The highest BCUT2D eigenvalue weighted by atomic mass is 16.5. The number of nitrogens with zero attached hydrogens (tertiary/aromatic N) is 4. The molecule has 0 unspecified atom stereocenters. The predicted molar refractivity (Wildman–Crippen MR) is 97.2 cm³/mol. The molecule has 0 aliphatic rings. The third kappa shape index (κ3) is 2.77. The van der Waals surface area contributed by atoms with E-state index in [-0.39, 0.29) is 0 Å². The maximum absolute atomic E-state index is 5.44. The van der Waals surface area contributed by atoms with Crippen LogP contribution in [0.15, 0.2) is 47.2 Å². The molecule has 0 radical (unpaired) electrons. The number of hydrogen-bond donors (Lipinski definition) is 0. The second-order valence-corrected chi connectivity index (χ2v) is 5.76. The number of imidazole rings is 1. The lowest BCUT2D eigenvalue weighted by molar-refractivity contribution is 0.393. The molecule has 0 aliphatic carbocycles. The number of aryl methyl sites for hydroxylation is 1. The van der Waals surface area contributed by atoms with Crippen molar-refractivity contribution < 1.29 is 14.0 Å². The van der Waals surface area contributed by atoms with E-state index < -0.39 is 0 Å². The van der Waals surface area contributed by atoms with Gasteiger partial charge < -0.3 is 18.6 Å². The van der Waals surface area contributed by atoms with E-state index in [1.54, 1.807) is 20.3 Å². The number of hydrogen-bond acceptors (Lipinski definition) is 6. The fraction of sp³-hybridized carbons (Fsp3) is 0.211. The Kier molecular flexibility index (Phi) is 4.04. The van der Waals surface area contributed by atoms with Crippen LogP contribution < -0.4 is 9.47 Å². The topological polar surface area (TPSA) is 75.2 Å². The summed E-state index contributed by atoms with van der Waals surface area (Å²) >= 11 is 0. The zero-order valence-corrected chi connectivity index (χ0v) is 14.8. The van der Waals surface area contributed by atoms with Crippen molar-refractivity contribution >= 4 is 11.0 Å². The third-order valence-corrected chi connectivity index (χ3v) is 4.24. The second-order valence-electron chi connectivity index (χ2n) is 5.76. The van der Waals surface area contributed by atoms with Crippen LogP contribution in [0.25, 0.3) is 33.9 Å². The van der Waals surface area contributed by atoms with Gasteiger partial charge in [-0.25, -0.2) is 4.98 Å². The molecular formula is C19H18N4O3. The molecule has 2 aromatic heterocycles. The highest BCUT2D eigenvalue weighted by molar-refractivity contribution is 5.80. The number of benzene rings is 2. The van der Waals surface area contributed by atoms with Gasteiger partial charge in [-0.05, 0) is 37.3 Å². The minimum absolute atomic E-state index is 0.399. The van der Waals surface area contributed by atoms with Gasteiger partial charge in [-0.2, -0.15) is 4.98 Å². The standard InChI is InChI=1S/C19H18N4O3/c1-4-23-11-20-16-9-12(5-6-17(16)23)18-21-19(26-22-18)13-7-14(24-2)10-15(8-13)25-3/h5-11H,4H2,1-3H3. The smallest absolute Gasteiger partial charge is 0.258 e. The molecule has 0 saturated heterocycles. The zero-order chi connectivity index (χ0) is 18.1. The van der Waals surface area contributed by atoms with Crippen LogP contribution in [0, 0.1) is 0 Å². The Labute approximate surface area is 150 Å². The van der Waals surface area contributed by atoms with Crippen molar-refractivity contribution in [2.45, 2.75) is 13.5 Å². The Morgan fingerprint density at radius 2 is 1.77 bits per heavy atom. The molecule has 0 fully saturated rings. The molecule has 0 N–H and O–H groups in total. The molecule has 0 aliphatic heterocycles. The Morgan fingerprint density at radius 3 is 2.46 bits per heavy atom. The molecule has 26 heavy (non-hydrogen) atoms. The van der Waals surface area contributed by atoms with E-state index in [0.717, 1.165) is 28.7 Å². The van der Waals surface area contributed by atoms with Gasteiger partial charge in [0.25, 0.3) is 5.89 Å². The van der Waals surface area contributed by atoms with E-state index in [0.29, 0.717) is 23.2 Å². The van der Waals surface area contributed by atoms with Crippen LogP contribution in [0.3, 0.4) is 0 Å². The van der Waals surface area contributed by atoms with Gasteiger partial charge in [0.05, 0.1) is 31.6 Å². The number of ether oxygens (including phenoxy) is 2. The van der Waals surface area contributed by atoms with E-state index in [1.165, 1.54) is 0 Å². The summed E-state index contributed by atoms with van der Waals surface area (Å²) in [7, 11) is 3.20. The van der Waals surface area contributed by atoms with Gasteiger partial charge in [0.15, 0.2) is 0 Å². The molecule has 0 spiro atoms. The summed E-state index contributed by atoms with van der Waals surface area (Å²) in [6.07, 6.45) is 1.83. The molecule has 0 saturated carbocycles. The Bertz CT molecular complexity index is 1050. The molecule has 4 aromatic rings. The minimum Gasteiger partial charge on any atom is -0.497 e. The van der Waals surface area contributed by atoms with Crippen LogP contribution in [0.4, 0.5) is 0 Å². The normalized spacial score (nSPS) is 11.0. The summed E-state index contributed by atoms with van der Waals surface area (Å²) in [4.78, 5) is 8.94. The summed E-state index contributed by atoms with van der Waals surface area (Å²) in [6.45, 7) is 2.96. The van der Waals surface area contributed by atoms with Crippen LogP contribution in [0.5, 0.6) is 11.5 Å². The van der Waals surface area contributed by atoms with Crippen molar-refractivity contribution in [2.24, 2.45) is 0 Å². The van der Waals surface area contributed by atoms with Crippen LogP contribution in [0.1, 0.15) is 6.92 Å². The molecule has 0 atom stereocenters. The number of aromatic nitrogens is 4. The monoisotopic (exact) mass is 350 g/mol. The number of rotatable bonds is 5. The zero-order valence-electron chi connectivity index (χ0n) is 14.8. The summed E-state index contributed by atoms with van der Waals surface area (Å²) in [5.41, 5.74) is 3.57. The largest absolute Gasteiger partial charge is 0.497 e. The van der Waals surface area contributed by atoms with Crippen molar-refractivity contribution in [3.63, 3.8) is 0 Å². The Hall–Kier alpha value is -3.35. The van der Waals surface area contributed by atoms with Crippen LogP contribution in [-0.4, -0.2) is 33.9 Å². The van der Waals surface area contributed by atoms with Crippen molar-refractivity contribution in [3.05, 3.63) is 42.7 Å². The lowest BCUT2D eigenvalue weighted by Crippen LogP contribution is -1.90. The van der Waals surface area contributed by atoms with Crippen molar-refractivity contribution in [2.75, 3.05) is 14.2 Å². The fourth-order valence-electron chi connectivity index (χ4n) is 2.84. The highest BCUT2D eigenvalue weighted by Crippen LogP contribution is 2.30. The average Bonchev–Trinajstić information content (AvgIpc) is 3.34. The Balaban J connectivity index is 1.72. The van der Waals surface area contributed by atoms with Crippen molar-refractivity contribution in [1.29, 1.82) is 0 Å². The summed E-state index contributed by atoms with van der Waals surface area (Å²) in [5, 5.41) is 4.11. The van der Waals surface area contributed by atoms with E-state index in [4.69, 9.17) is 14.0 Å². The summed E-state index contributed by atoms with van der Waals surface area (Å²) in [6, 6.07) is 11.4. The van der Waals surface area contributed by atoms with E-state index >= 15 is 0 Å². The molecular weight excluding hydrogens is 332 g/mol. The molecule has 7 nitrogen and oxygen atoms in total. The molecule has 0 bridgehead atoms. The number of methoxy groups -OCH3 is 2. The van der Waals surface area contributed by atoms with Gasteiger partial charge in [-0.3, -0.25) is 0 Å². The van der Waals surface area contributed by atoms with Crippen LogP contribution in [0.2, 0.25) is 0 Å². The van der Waals surface area contributed by atoms with Crippen LogP contribution in [-0.2, 0) is 6.54 Å². The van der Waals surface area contributed by atoms with E-state index in [1.807, 2.05) is 36.7 Å². The molecule has 2 heterocycles. The molecule has 2 aromatic carbocycles. The van der Waals surface area contributed by atoms with Gasteiger partial charge in [-0.15, -0.1) is 0 Å². The first-order valence-electron chi connectivity index (χ1n) is 8.24. The lowest BCUT2D eigenvalue weighted by atomic mass is 10.2. The average molecular weight is 350 g/mol. The lowest BCUT2D eigenvalue weighted by Gasteiger charge is -2.05. The quantitative estimate of drug-likeness (QED) is 0.545. The van der Waals surface area contributed by atoms with Gasteiger partial charge >= 0.3 is 0 Å². The SMILES string of the molecule is CCn1cnc2cc(-c3noc(-c4cc(OC)cc(OC)c4)n3)ccc21. The number of fused-ring (bicyclic) bond motifs is 1.